The van der Waals surface area contributed by atoms with Gasteiger partial charge in [-0.15, -0.1) is 0 Å². The van der Waals surface area contributed by atoms with Crippen molar-refractivity contribution < 1.29 is 13.9 Å². The molecule has 1 saturated heterocycles. The van der Waals surface area contributed by atoms with Crippen LogP contribution in [0.5, 0.6) is 5.75 Å². The molecule has 1 amide bonds. The fourth-order valence-corrected chi connectivity index (χ4v) is 3.87. The van der Waals surface area contributed by atoms with E-state index in [1.54, 1.807) is 30.6 Å². The molecule has 0 spiro atoms. The van der Waals surface area contributed by atoms with Crippen molar-refractivity contribution >= 4 is 5.91 Å². The molecule has 6 heteroatoms. The Bertz CT molecular complexity index is 997. The van der Waals surface area contributed by atoms with Crippen LogP contribution in [0.2, 0.25) is 0 Å². The van der Waals surface area contributed by atoms with Crippen molar-refractivity contribution in [2.75, 3.05) is 19.7 Å². The van der Waals surface area contributed by atoms with Gasteiger partial charge in [-0.2, -0.15) is 0 Å². The molecule has 2 aromatic carbocycles. The third-order valence-electron chi connectivity index (χ3n) is 5.34. The van der Waals surface area contributed by atoms with Crippen LogP contribution in [-0.2, 0) is 4.79 Å². The predicted octanol–water partition coefficient (Wildman–Crippen LogP) is 4.46. The van der Waals surface area contributed by atoms with Crippen LogP contribution in [-0.4, -0.2) is 40.5 Å². The molecule has 4 rings (SSSR count). The number of halogens is 1. The number of ether oxygens (including phenoxy) is 1. The number of amides is 1. The summed E-state index contributed by atoms with van der Waals surface area (Å²) < 4.78 is 20.0. The summed E-state index contributed by atoms with van der Waals surface area (Å²) in [7, 11) is 0. The Morgan fingerprint density at radius 3 is 2.67 bits per heavy atom. The number of hydrogen-bond acceptors (Lipinski definition) is 4. The Balaban J connectivity index is 1.43. The molecule has 0 radical (unpaired) electrons. The van der Waals surface area contributed by atoms with E-state index in [0.29, 0.717) is 30.8 Å². The lowest BCUT2D eigenvalue weighted by Crippen LogP contribution is -2.40. The molecule has 0 saturated carbocycles. The Kier molecular flexibility index (Phi) is 6.32. The highest BCUT2D eigenvalue weighted by Gasteiger charge is 2.28. The zero-order chi connectivity index (χ0) is 20.8. The van der Waals surface area contributed by atoms with Gasteiger partial charge in [0, 0.05) is 37.0 Å². The minimum atomic E-state index is -0.318. The molecule has 1 aromatic heterocycles. The summed E-state index contributed by atoms with van der Waals surface area (Å²) in [6, 6.07) is 16.1. The second kappa shape index (κ2) is 9.48. The average Bonchev–Trinajstić information content (AvgIpc) is 2.80. The summed E-state index contributed by atoms with van der Waals surface area (Å²) >= 11 is 0. The molecule has 1 atom stereocenters. The predicted molar refractivity (Wildman–Crippen MR) is 113 cm³/mol. The largest absolute Gasteiger partial charge is 0.493 e. The van der Waals surface area contributed by atoms with Gasteiger partial charge in [-0.05, 0) is 37.1 Å². The molecule has 1 aliphatic rings. The third kappa shape index (κ3) is 4.64. The van der Waals surface area contributed by atoms with Crippen molar-refractivity contribution in [3.05, 3.63) is 78.5 Å². The van der Waals surface area contributed by atoms with E-state index in [2.05, 4.69) is 9.97 Å². The first-order valence-corrected chi connectivity index (χ1v) is 10.2. The molecule has 2 heterocycles. The summed E-state index contributed by atoms with van der Waals surface area (Å²) in [6.07, 6.45) is 5.31. The molecule has 0 unspecified atom stereocenters. The Morgan fingerprint density at radius 2 is 1.83 bits per heavy atom. The highest BCUT2D eigenvalue weighted by atomic mass is 19.1. The Labute approximate surface area is 175 Å². The maximum absolute atomic E-state index is 14.4. The quantitative estimate of drug-likeness (QED) is 0.608. The van der Waals surface area contributed by atoms with Crippen molar-refractivity contribution in [1.82, 2.24) is 14.9 Å². The van der Waals surface area contributed by atoms with E-state index in [-0.39, 0.29) is 17.6 Å². The highest BCUT2D eigenvalue weighted by Crippen LogP contribution is 2.32. The lowest BCUT2D eigenvalue weighted by atomic mass is 9.91. The molecule has 30 heavy (non-hydrogen) atoms. The zero-order valence-corrected chi connectivity index (χ0v) is 16.7. The molecule has 1 fully saturated rings. The number of piperidine rings is 1. The topological polar surface area (TPSA) is 55.3 Å². The van der Waals surface area contributed by atoms with Crippen LogP contribution in [0.25, 0.3) is 11.3 Å². The van der Waals surface area contributed by atoms with Gasteiger partial charge >= 0.3 is 0 Å². The summed E-state index contributed by atoms with van der Waals surface area (Å²) in [5.74, 6) is 0.532. The van der Waals surface area contributed by atoms with Crippen LogP contribution >= 0.6 is 0 Å². The summed E-state index contributed by atoms with van der Waals surface area (Å²) in [5.41, 5.74) is 1.75. The second-order valence-corrected chi connectivity index (χ2v) is 7.36. The Hall–Kier alpha value is -3.28. The fourth-order valence-electron chi connectivity index (χ4n) is 3.87. The molecular formula is C24H24FN3O2. The number of hydrogen-bond donors (Lipinski definition) is 0. The number of nitrogens with zero attached hydrogens (tertiary/aromatic N) is 3. The molecule has 1 aliphatic heterocycles. The van der Waals surface area contributed by atoms with Crippen LogP contribution in [0.1, 0.15) is 30.9 Å². The summed E-state index contributed by atoms with van der Waals surface area (Å²) in [5, 5.41) is 0. The third-order valence-corrected chi connectivity index (χ3v) is 5.34. The van der Waals surface area contributed by atoms with Gasteiger partial charge < -0.3 is 9.64 Å². The first kappa shape index (κ1) is 20.0. The minimum Gasteiger partial charge on any atom is -0.493 e. The van der Waals surface area contributed by atoms with Crippen LogP contribution in [0.4, 0.5) is 4.39 Å². The van der Waals surface area contributed by atoms with E-state index < -0.39 is 0 Å². The molecule has 3 aromatic rings. The van der Waals surface area contributed by atoms with E-state index >= 15 is 0 Å². The molecule has 0 aliphatic carbocycles. The number of carbonyl (C=O) groups excluding carboxylic acids is 1. The first-order valence-electron chi connectivity index (χ1n) is 10.2. The summed E-state index contributed by atoms with van der Waals surface area (Å²) in [4.78, 5) is 23.5. The lowest BCUT2D eigenvalue weighted by molar-refractivity contribution is -0.132. The number of likely N-dealkylation sites (tertiary alicyclic amines) is 1. The van der Waals surface area contributed by atoms with E-state index in [1.165, 1.54) is 6.07 Å². The molecule has 154 valence electrons. The van der Waals surface area contributed by atoms with E-state index in [9.17, 15) is 9.18 Å². The number of carbonyl (C=O) groups is 1. The van der Waals surface area contributed by atoms with Gasteiger partial charge in [-0.25, -0.2) is 4.39 Å². The van der Waals surface area contributed by atoms with Crippen molar-refractivity contribution in [2.45, 2.75) is 25.2 Å². The molecular weight excluding hydrogens is 381 g/mol. The minimum absolute atomic E-state index is 0.0287. The van der Waals surface area contributed by atoms with Gasteiger partial charge in [-0.1, -0.05) is 30.3 Å². The van der Waals surface area contributed by atoms with Crippen LogP contribution < -0.4 is 4.74 Å². The maximum atomic E-state index is 14.4. The molecule has 0 bridgehead atoms. The van der Waals surface area contributed by atoms with Gasteiger partial charge in [-0.3, -0.25) is 14.8 Å². The van der Waals surface area contributed by atoms with E-state index in [0.717, 1.165) is 30.8 Å². The highest BCUT2D eigenvalue weighted by molar-refractivity contribution is 5.76. The number of rotatable bonds is 6. The second-order valence-electron chi connectivity index (χ2n) is 7.36. The number of aromatic nitrogens is 2. The van der Waals surface area contributed by atoms with E-state index in [4.69, 9.17) is 4.74 Å². The van der Waals surface area contributed by atoms with Gasteiger partial charge in [0.2, 0.25) is 5.91 Å². The first-order chi connectivity index (χ1) is 14.7. The Morgan fingerprint density at radius 1 is 1.07 bits per heavy atom. The van der Waals surface area contributed by atoms with Gasteiger partial charge in [0.1, 0.15) is 11.6 Å². The van der Waals surface area contributed by atoms with E-state index in [1.807, 2.05) is 35.2 Å². The standard InChI is InChI=1S/C24H24FN3O2/c25-21-11-5-4-10-20(21)24-23(26-13-14-27-24)18-7-6-15-28(17-18)22(29)12-16-30-19-8-2-1-3-9-19/h1-5,8-11,13-14,18H,6-7,12,15-17H2/t18-/m1/s1. The van der Waals surface area contributed by atoms with Crippen LogP contribution in [0.3, 0.4) is 0 Å². The van der Waals surface area contributed by atoms with Gasteiger partial charge in [0.05, 0.1) is 24.4 Å². The number of para-hydroxylation sites is 1. The van der Waals surface area contributed by atoms with Gasteiger partial charge in [0.25, 0.3) is 0 Å². The maximum Gasteiger partial charge on any atom is 0.226 e. The fraction of sp³-hybridized carbons (Fsp3) is 0.292. The average molecular weight is 405 g/mol. The SMILES string of the molecule is O=C(CCOc1ccccc1)N1CCC[C@@H](c2nccnc2-c2ccccc2F)C1. The summed E-state index contributed by atoms with van der Waals surface area (Å²) in [6.45, 7) is 1.62. The van der Waals surface area contributed by atoms with Crippen molar-refractivity contribution in [3.8, 4) is 17.0 Å². The van der Waals surface area contributed by atoms with Crippen LogP contribution in [0.15, 0.2) is 67.0 Å². The molecule has 0 N–H and O–H groups in total. The monoisotopic (exact) mass is 405 g/mol. The zero-order valence-electron chi connectivity index (χ0n) is 16.7. The number of benzene rings is 2. The normalized spacial score (nSPS) is 16.3. The van der Waals surface area contributed by atoms with Crippen molar-refractivity contribution in [2.24, 2.45) is 0 Å². The van der Waals surface area contributed by atoms with Crippen molar-refractivity contribution in [3.63, 3.8) is 0 Å². The van der Waals surface area contributed by atoms with Gasteiger partial charge in [0.15, 0.2) is 0 Å². The van der Waals surface area contributed by atoms with Crippen molar-refractivity contribution in [1.29, 1.82) is 0 Å². The lowest BCUT2D eigenvalue weighted by Gasteiger charge is -2.33. The smallest absolute Gasteiger partial charge is 0.226 e. The van der Waals surface area contributed by atoms with Crippen LogP contribution in [0, 0.1) is 5.82 Å². The molecule has 5 nitrogen and oxygen atoms in total.